The van der Waals surface area contributed by atoms with Gasteiger partial charge in [-0.3, -0.25) is 0 Å². The van der Waals surface area contributed by atoms with Crippen molar-refractivity contribution in [2.75, 3.05) is 0 Å². The van der Waals surface area contributed by atoms with Crippen LogP contribution in [0.25, 0.3) is 10.4 Å². The van der Waals surface area contributed by atoms with E-state index >= 15 is 0 Å². The Bertz CT molecular complexity index is 525. The van der Waals surface area contributed by atoms with E-state index in [0.717, 1.165) is 14.9 Å². The fraction of sp³-hybridized carbons (Fsp3) is 0. The Labute approximate surface area is 98.9 Å². The van der Waals surface area contributed by atoms with E-state index in [1.807, 2.05) is 6.07 Å². The van der Waals surface area contributed by atoms with Crippen molar-refractivity contribution in [3.63, 3.8) is 0 Å². The highest BCUT2D eigenvalue weighted by Gasteiger charge is 2.07. The van der Waals surface area contributed by atoms with E-state index < -0.39 is 0 Å². The average molecular weight is 282 g/mol. The fourth-order valence-electron chi connectivity index (χ4n) is 1.20. The molecule has 1 aromatic heterocycles. The minimum atomic E-state index is -0.255. The number of nitrogens with zero attached hydrogens (tertiary/aromatic N) is 1. The van der Waals surface area contributed by atoms with Gasteiger partial charge in [-0.25, -0.2) is 4.39 Å². The molecule has 1 aromatic carbocycles. The normalized spacial score (nSPS) is 9.93. The first-order valence-corrected chi connectivity index (χ1v) is 5.77. The Balaban J connectivity index is 2.46. The maximum Gasteiger partial charge on any atom is 0.123 e. The van der Waals surface area contributed by atoms with Gasteiger partial charge >= 0.3 is 0 Å². The predicted octanol–water partition coefficient (Wildman–Crippen LogP) is 4.19. The van der Waals surface area contributed by atoms with Crippen molar-refractivity contribution < 1.29 is 4.39 Å². The number of hydrogen-bond acceptors (Lipinski definition) is 2. The molecule has 0 fully saturated rings. The minimum Gasteiger partial charge on any atom is -0.207 e. The van der Waals surface area contributed by atoms with Crippen LogP contribution in [0.5, 0.6) is 0 Å². The molecule has 0 radical (unpaired) electrons. The number of hydrogen-bond donors (Lipinski definition) is 0. The Kier molecular flexibility index (Phi) is 2.85. The van der Waals surface area contributed by atoms with Gasteiger partial charge in [0, 0.05) is 9.35 Å². The summed E-state index contributed by atoms with van der Waals surface area (Å²) in [5, 5.41) is 8.79. The summed E-state index contributed by atoms with van der Waals surface area (Å²) in [6.45, 7) is 0. The highest BCUT2D eigenvalue weighted by atomic mass is 79.9. The lowest BCUT2D eigenvalue weighted by atomic mass is 10.2. The zero-order valence-corrected chi connectivity index (χ0v) is 9.90. The molecule has 0 aliphatic rings. The molecular formula is C11H5BrFNS. The molecule has 2 aromatic rings. The van der Waals surface area contributed by atoms with Crippen LogP contribution in [0.3, 0.4) is 0 Å². The lowest BCUT2D eigenvalue weighted by Crippen LogP contribution is -1.73. The van der Waals surface area contributed by atoms with Crippen molar-refractivity contribution in [3.8, 4) is 16.5 Å². The van der Waals surface area contributed by atoms with Crippen LogP contribution in [-0.4, -0.2) is 0 Å². The molecule has 0 N–H and O–H groups in total. The van der Waals surface area contributed by atoms with Crippen LogP contribution in [0.1, 0.15) is 4.88 Å². The van der Waals surface area contributed by atoms with Gasteiger partial charge in [-0.15, -0.1) is 11.3 Å². The van der Waals surface area contributed by atoms with Gasteiger partial charge in [0.25, 0.3) is 0 Å². The van der Waals surface area contributed by atoms with Gasteiger partial charge in [0.05, 0.1) is 0 Å². The van der Waals surface area contributed by atoms with E-state index in [2.05, 4.69) is 22.0 Å². The lowest BCUT2D eigenvalue weighted by Gasteiger charge is -1.95. The molecule has 0 unspecified atom stereocenters. The highest BCUT2D eigenvalue weighted by Crippen LogP contribution is 2.34. The zero-order chi connectivity index (χ0) is 10.8. The summed E-state index contributed by atoms with van der Waals surface area (Å²) in [6, 6.07) is 10.2. The molecule has 1 nitrogen and oxygen atoms in total. The van der Waals surface area contributed by atoms with E-state index in [1.165, 1.54) is 23.5 Å². The largest absolute Gasteiger partial charge is 0.207 e. The monoisotopic (exact) mass is 281 g/mol. The fourth-order valence-corrected chi connectivity index (χ4v) is 2.77. The van der Waals surface area contributed by atoms with Gasteiger partial charge in [-0.2, -0.15) is 5.26 Å². The van der Waals surface area contributed by atoms with E-state index in [4.69, 9.17) is 5.26 Å². The second-order valence-electron chi connectivity index (χ2n) is 2.91. The zero-order valence-electron chi connectivity index (χ0n) is 7.50. The summed E-state index contributed by atoms with van der Waals surface area (Å²) in [5.74, 6) is -0.255. The van der Waals surface area contributed by atoms with Crippen molar-refractivity contribution in [2.24, 2.45) is 0 Å². The van der Waals surface area contributed by atoms with E-state index in [-0.39, 0.29) is 5.82 Å². The van der Waals surface area contributed by atoms with Crippen LogP contribution in [-0.2, 0) is 0 Å². The summed E-state index contributed by atoms with van der Waals surface area (Å²) >= 11 is 4.69. The molecule has 0 saturated carbocycles. The second kappa shape index (κ2) is 4.13. The molecule has 2 rings (SSSR count). The van der Waals surface area contributed by atoms with E-state index in [1.54, 1.807) is 12.1 Å². The molecule has 4 heteroatoms. The van der Waals surface area contributed by atoms with E-state index in [9.17, 15) is 4.39 Å². The van der Waals surface area contributed by atoms with Crippen LogP contribution in [0.15, 0.2) is 34.8 Å². The Morgan fingerprint density at radius 2 is 1.93 bits per heavy atom. The van der Waals surface area contributed by atoms with Crippen LogP contribution in [0.4, 0.5) is 4.39 Å². The second-order valence-corrected chi connectivity index (χ2v) is 4.81. The van der Waals surface area contributed by atoms with Gasteiger partial charge in [-0.05, 0) is 39.7 Å². The van der Waals surface area contributed by atoms with Crippen molar-refractivity contribution in [3.05, 3.63) is 45.5 Å². The number of halogens is 2. The quantitative estimate of drug-likeness (QED) is 0.769. The third-order valence-electron chi connectivity index (χ3n) is 1.92. The standard InChI is InChI=1S/C11H5BrFNS/c12-9-5-10(15-11(9)6-14)7-1-3-8(13)4-2-7/h1-5H. The van der Waals surface area contributed by atoms with Gasteiger partial charge in [0.2, 0.25) is 0 Å². The number of benzene rings is 1. The molecule has 0 spiro atoms. The number of rotatable bonds is 1. The Morgan fingerprint density at radius 3 is 2.47 bits per heavy atom. The number of thiophene rings is 1. The molecular weight excluding hydrogens is 277 g/mol. The first kappa shape index (κ1) is 10.3. The van der Waals surface area contributed by atoms with Crippen LogP contribution < -0.4 is 0 Å². The molecule has 0 saturated heterocycles. The molecule has 0 aliphatic carbocycles. The van der Waals surface area contributed by atoms with Crippen molar-refractivity contribution in [1.29, 1.82) is 5.26 Å². The van der Waals surface area contributed by atoms with Crippen molar-refractivity contribution >= 4 is 27.3 Å². The van der Waals surface area contributed by atoms with Crippen molar-refractivity contribution in [1.82, 2.24) is 0 Å². The minimum absolute atomic E-state index is 0.255. The summed E-state index contributed by atoms with van der Waals surface area (Å²) in [5.41, 5.74) is 0.920. The molecule has 0 aliphatic heterocycles. The van der Waals surface area contributed by atoms with Crippen molar-refractivity contribution in [2.45, 2.75) is 0 Å². The van der Waals surface area contributed by atoms with Gasteiger partial charge in [0.15, 0.2) is 0 Å². The molecule has 1 heterocycles. The first-order valence-electron chi connectivity index (χ1n) is 4.16. The summed E-state index contributed by atoms with van der Waals surface area (Å²) < 4.78 is 13.5. The van der Waals surface area contributed by atoms with Gasteiger partial charge < -0.3 is 0 Å². The maximum atomic E-state index is 12.7. The summed E-state index contributed by atoms with van der Waals surface area (Å²) in [7, 11) is 0. The van der Waals surface area contributed by atoms with Crippen LogP contribution in [0, 0.1) is 17.1 Å². The predicted molar refractivity (Wildman–Crippen MR) is 62.1 cm³/mol. The SMILES string of the molecule is N#Cc1sc(-c2ccc(F)cc2)cc1Br. The summed E-state index contributed by atoms with van der Waals surface area (Å²) in [4.78, 5) is 1.59. The molecule has 0 atom stereocenters. The van der Waals surface area contributed by atoms with Crippen LogP contribution in [0.2, 0.25) is 0 Å². The Morgan fingerprint density at radius 1 is 1.27 bits per heavy atom. The lowest BCUT2D eigenvalue weighted by molar-refractivity contribution is 0.628. The van der Waals surface area contributed by atoms with Gasteiger partial charge in [-0.1, -0.05) is 12.1 Å². The smallest absolute Gasteiger partial charge is 0.123 e. The maximum absolute atomic E-state index is 12.7. The molecule has 0 bridgehead atoms. The number of nitriles is 1. The third kappa shape index (κ3) is 2.09. The first-order chi connectivity index (χ1) is 7.20. The Hall–Kier alpha value is -1.18. The molecule has 15 heavy (non-hydrogen) atoms. The molecule has 74 valence electrons. The van der Waals surface area contributed by atoms with Gasteiger partial charge in [0.1, 0.15) is 16.8 Å². The van der Waals surface area contributed by atoms with E-state index in [0.29, 0.717) is 4.88 Å². The summed E-state index contributed by atoms with van der Waals surface area (Å²) in [6.07, 6.45) is 0. The third-order valence-corrected chi connectivity index (χ3v) is 3.89. The highest BCUT2D eigenvalue weighted by molar-refractivity contribution is 9.10. The topological polar surface area (TPSA) is 23.8 Å². The van der Waals surface area contributed by atoms with Crippen LogP contribution >= 0.6 is 27.3 Å². The average Bonchev–Trinajstić information content (AvgIpc) is 2.61. The molecule has 0 amide bonds.